The van der Waals surface area contributed by atoms with Crippen molar-refractivity contribution in [2.45, 2.75) is 60.2 Å². The maximum atomic E-state index is 9.41. The van der Waals surface area contributed by atoms with Gasteiger partial charge in [0.15, 0.2) is 0 Å². The summed E-state index contributed by atoms with van der Waals surface area (Å²) in [5, 5.41) is 14.1. The van der Waals surface area contributed by atoms with Crippen molar-refractivity contribution in [3.8, 4) is 0 Å². The Balaban J connectivity index is 2.03. The van der Waals surface area contributed by atoms with E-state index in [4.69, 9.17) is 0 Å². The molecule has 1 saturated heterocycles. The van der Waals surface area contributed by atoms with Crippen molar-refractivity contribution in [1.29, 1.82) is 0 Å². The van der Waals surface area contributed by atoms with Crippen molar-refractivity contribution in [2.75, 3.05) is 32.8 Å². The summed E-state index contributed by atoms with van der Waals surface area (Å²) in [6.45, 7) is 17.6. The second-order valence-electron chi connectivity index (χ2n) is 7.26. The molecule has 0 saturated carbocycles. The highest BCUT2D eigenvalue weighted by Gasteiger charge is 2.27. The zero-order valence-electron chi connectivity index (χ0n) is 15.5. The highest BCUT2D eigenvalue weighted by Crippen LogP contribution is 2.20. The van der Waals surface area contributed by atoms with Gasteiger partial charge in [-0.3, -0.25) is 14.5 Å². The first-order chi connectivity index (χ1) is 11.0. The number of nitrogens with zero attached hydrogens (tertiary/aromatic N) is 4. The van der Waals surface area contributed by atoms with Crippen molar-refractivity contribution in [2.24, 2.45) is 5.92 Å². The summed E-state index contributed by atoms with van der Waals surface area (Å²) >= 11 is 0. The van der Waals surface area contributed by atoms with Gasteiger partial charge >= 0.3 is 0 Å². The Hall–Kier alpha value is -0.910. The minimum atomic E-state index is 0.277. The van der Waals surface area contributed by atoms with Gasteiger partial charge in [-0.15, -0.1) is 0 Å². The SMILES string of the molecule is CCn1nc(C)c(CN2CCN(CC(C)C)[C@H](CCO)C2)c1C. The quantitative estimate of drug-likeness (QED) is 0.834. The lowest BCUT2D eigenvalue weighted by molar-refractivity contribution is 0.0475. The third-order valence-corrected chi connectivity index (χ3v) is 4.96. The van der Waals surface area contributed by atoms with Crippen molar-refractivity contribution >= 4 is 0 Å². The number of aliphatic hydroxyl groups excluding tert-OH is 1. The largest absolute Gasteiger partial charge is 0.396 e. The first-order valence-corrected chi connectivity index (χ1v) is 9.06. The highest BCUT2D eigenvalue weighted by atomic mass is 16.3. The molecular formula is C18H34N4O. The van der Waals surface area contributed by atoms with E-state index < -0.39 is 0 Å². The Morgan fingerprint density at radius 3 is 2.57 bits per heavy atom. The van der Waals surface area contributed by atoms with Gasteiger partial charge in [-0.05, 0) is 33.1 Å². The first-order valence-electron chi connectivity index (χ1n) is 9.06. The molecule has 0 unspecified atom stereocenters. The smallest absolute Gasteiger partial charge is 0.0641 e. The van der Waals surface area contributed by atoms with E-state index in [-0.39, 0.29) is 6.61 Å². The molecule has 5 heteroatoms. The third-order valence-electron chi connectivity index (χ3n) is 4.96. The summed E-state index contributed by atoms with van der Waals surface area (Å²) in [6.07, 6.45) is 0.870. The summed E-state index contributed by atoms with van der Waals surface area (Å²) in [5.74, 6) is 0.676. The molecule has 23 heavy (non-hydrogen) atoms. The van der Waals surface area contributed by atoms with Gasteiger partial charge in [0.2, 0.25) is 0 Å². The molecular weight excluding hydrogens is 288 g/mol. The van der Waals surface area contributed by atoms with Crippen LogP contribution in [0.1, 0.15) is 44.1 Å². The predicted molar refractivity (Wildman–Crippen MR) is 94.6 cm³/mol. The van der Waals surface area contributed by atoms with Crippen LogP contribution in [0, 0.1) is 19.8 Å². The van der Waals surface area contributed by atoms with E-state index >= 15 is 0 Å². The normalized spacial score (nSPS) is 20.6. The summed E-state index contributed by atoms with van der Waals surface area (Å²) < 4.78 is 2.10. The van der Waals surface area contributed by atoms with E-state index in [0.29, 0.717) is 12.0 Å². The molecule has 2 rings (SSSR count). The fourth-order valence-electron chi connectivity index (χ4n) is 3.73. The van der Waals surface area contributed by atoms with Crippen LogP contribution in [0.5, 0.6) is 0 Å². The average molecular weight is 322 g/mol. The molecule has 1 fully saturated rings. The molecule has 1 aliphatic heterocycles. The molecule has 1 atom stereocenters. The number of hydrogen-bond donors (Lipinski definition) is 1. The Bertz CT molecular complexity index is 497. The van der Waals surface area contributed by atoms with Gasteiger partial charge < -0.3 is 5.11 Å². The summed E-state index contributed by atoms with van der Waals surface area (Å²) in [7, 11) is 0. The molecule has 1 aromatic rings. The second kappa shape index (κ2) is 8.27. The van der Waals surface area contributed by atoms with Gasteiger partial charge in [0.1, 0.15) is 0 Å². The van der Waals surface area contributed by atoms with E-state index in [1.165, 1.54) is 11.3 Å². The summed E-state index contributed by atoms with van der Waals surface area (Å²) in [4.78, 5) is 5.10. The monoisotopic (exact) mass is 322 g/mol. The minimum absolute atomic E-state index is 0.277. The van der Waals surface area contributed by atoms with Crippen LogP contribution in [0.15, 0.2) is 0 Å². The molecule has 0 aromatic carbocycles. The molecule has 0 radical (unpaired) electrons. The van der Waals surface area contributed by atoms with E-state index in [1.807, 2.05) is 0 Å². The molecule has 0 spiro atoms. The molecule has 1 N–H and O–H groups in total. The number of rotatable bonds is 7. The second-order valence-corrected chi connectivity index (χ2v) is 7.26. The molecule has 5 nitrogen and oxygen atoms in total. The molecule has 2 heterocycles. The van der Waals surface area contributed by atoms with E-state index in [9.17, 15) is 5.11 Å². The lowest BCUT2D eigenvalue weighted by Gasteiger charge is -2.42. The number of hydrogen-bond acceptors (Lipinski definition) is 4. The Morgan fingerprint density at radius 2 is 2.00 bits per heavy atom. The van der Waals surface area contributed by atoms with Crippen LogP contribution >= 0.6 is 0 Å². The van der Waals surface area contributed by atoms with Gasteiger partial charge in [-0.2, -0.15) is 5.10 Å². The fourth-order valence-corrected chi connectivity index (χ4v) is 3.73. The predicted octanol–water partition coefficient (Wildman–Crippen LogP) is 2.04. The Kier molecular flexibility index (Phi) is 6.62. The van der Waals surface area contributed by atoms with Gasteiger partial charge in [-0.25, -0.2) is 0 Å². The van der Waals surface area contributed by atoms with Crippen LogP contribution in [0.25, 0.3) is 0 Å². The van der Waals surface area contributed by atoms with E-state index in [2.05, 4.69) is 54.2 Å². The number of aliphatic hydroxyl groups is 1. The lowest BCUT2D eigenvalue weighted by atomic mass is 10.0. The van der Waals surface area contributed by atoms with E-state index in [0.717, 1.165) is 51.4 Å². The molecule has 0 amide bonds. The van der Waals surface area contributed by atoms with Gasteiger partial charge in [0.25, 0.3) is 0 Å². The van der Waals surface area contributed by atoms with Crippen molar-refractivity contribution < 1.29 is 5.11 Å². The maximum Gasteiger partial charge on any atom is 0.0641 e. The molecule has 0 aliphatic carbocycles. The Morgan fingerprint density at radius 1 is 1.26 bits per heavy atom. The van der Waals surface area contributed by atoms with Crippen molar-refractivity contribution in [3.63, 3.8) is 0 Å². The van der Waals surface area contributed by atoms with Crippen molar-refractivity contribution in [1.82, 2.24) is 19.6 Å². The van der Waals surface area contributed by atoms with Crippen LogP contribution in [0.4, 0.5) is 0 Å². The first kappa shape index (κ1) is 18.4. The topological polar surface area (TPSA) is 44.5 Å². The van der Waals surface area contributed by atoms with Crippen LogP contribution in [-0.2, 0) is 13.1 Å². The number of aryl methyl sites for hydroxylation is 2. The molecule has 1 aromatic heterocycles. The van der Waals surface area contributed by atoms with Gasteiger partial charge in [-0.1, -0.05) is 13.8 Å². The Labute approximate surface area is 141 Å². The van der Waals surface area contributed by atoms with Crippen LogP contribution < -0.4 is 0 Å². The molecule has 0 bridgehead atoms. The lowest BCUT2D eigenvalue weighted by Crippen LogP contribution is -2.53. The zero-order valence-corrected chi connectivity index (χ0v) is 15.5. The molecule has 132 valence electrons. The third kappa shape index (κ3) is 4.55. The minimum Gasteiger partial charge on any atom is -0.396 e. The average Bonchev–Trinajstić information content (AvgIpc) is 2.77. The molecule has 1 aliphatic rings. The zero-order chi connectivity index (χ0) is 17.0. The van der Waals surface area contributed by atoms with Crippen LogP contribution in [-0.4, -0.2) is 63.5 Å². The van der Waals surface area contributed by atoms with Crippen molar-refractivity contribution in [3.05, 3.63) is 17.0 Å². The van der Waals surface area contributed by atoms with E-state index in [1.54, 1.807) is 0 Å². The van der Waals surface area contributed by atoms with Crippen LogP contribution in [0.2, 0.25) is 0 Å². The highest BCUT2D eigenvalue weighted by molar-refractivity contribution is 5.24. The summed E-state index contributed by atoms with van der Waals surface area (Å²) in [5.41, 5.74) is 3.84. The standard InChI is InChI=1S/C18H34N4O/c1-6-22-16(5)18(15(4)19-22)13-20-8-9-21(11-14(2)3)17(12-20)7-10-23/h14,17,23H,6-13H2,1-5H3/t17-/m1/s1. The summed E-state index contributed by atoms with van der Waals surface area (Å²) in [6, 6.07) is 0.470. The van der Waals surface area contributed by atoms with Gasteiger partial charge in [0, 0.05) is 63.2 Å². The van der Waals surface area contributed by atoms with Gasteiger partial charge in [0.05, 0.1) is 5.69 Å². The maximum absolute atomic E-state index is 9.41. The fraction of sp³-hybridized carbons (Fsp3) is 0.833. The number of piperazine rings is 1. The number of aromatic nitrogens is 2. The van der Waals surface area contributed by atoms with Crippen LogP contribution in [0.3, 0.4) is 0 Å².